The first kappa shape index (κ1) is 20.9. The van der Waals surface area contributed by atoms with E-state index in [4.69, 9.17) is 9.47 Å². The van der Waals surface area contributed by atoms with Crippen LogP contribution in [0.25, 0.3) is 10.9 Å². The topological polar surface area (TPSA) is 94.6 Å². The fourth-order valence-electron chi connectivity index (χ4n) is 4.24. The lowest BCUT2D eigenvalue weighted by molar-refractivity contribution is -0.121. The Morgan fingerprint density at radius 3 is 2.78 bits per heavy atom. The van der Waals surface area contributed by atoms with Crippen molar-refractivity contribution in [2.75, 3.05) is 13.2 Å². The van der Waals surface area contributed by atoms with Crippen LogP contribution in [0, 0.1) is 6.92 Å². The van der Waals surface area contributed by atoms with Crippen LogP contribution < -0.4 is 9.46 Å². The number of carbonyl (C=O) groups is 1. The lowest BCUT2D eigenvalue weighted by Crippen LogP contribution is -2.39. The third kappa shape index (κ3) is 3.73. The number of nitrogens with zero attached hydrogens (tertiary/aromatic N) is 1. The maximum absolute atomic E-state index is 13.3. The summed E-state index contributed by atoms with van der Waals surface area (Å²) in [6.07, 6.45) is 3.44. The smallest absolute Gasteiger partial charge is 0.264 e. The molecule has 1 amide bonds. The second-order valence-corrected chi connectivity index (χ2v) is 10.1. The highest BCUT2D eigenvalue weighted by atomic mass is 32.2. The second-order valence-electron chi connectivity index (χ2n) is 8.45. The van der Waals surface area contributed by atoms with Crippen molar-refractivity contribution in [2.45, 2.75) is 42.6 Å². The molecule has 2 aromatic carbocycles. The van der Waals surface area contributed by atoms with Gasteiger partial charge >= 0.3 is 0 Å². The Labute approximate surface area is 186 Å². The lowest BCUT2D eigenvalue weighted by atomic mass is 9.93. The van der Waals surface area contributed by atoms with Crippen LogP contribution in [0.15, 0.2) is 59.6 Å². The summed E-state index contributed by atoms with van der Waals surface area (Å²) < 4.78 is 40.3. The Morgan fingerprint density at radius 2 is 2.03 bits per heavy atom. The minimum Gasteiger partial charge on any atom is -0.488 e. The summed E-state index contributed by atoms with van der Waals surface area (Å²) in [7, 11) is -4.08. The molecule has 1 saturated heterocycles. The zero-order valence-electron chi connectivity index (χ0n) is 17.7. The maximum Gasteiger partial charge on any atom is 0.264 e. The largest absolute Gasteiger partial charge is 0.488 e. The van der Waals surface area contributed by atoms with E-state index in [2.05, 4.69) is 9.71 Å². The van der Waals surface area contributed by atoms with Crippen LogP contribution in [0.4, 0.5) is 0 Å². The number of benzene rings is 2. The van der Waals surface area contributed by atoms with Crippen molar-refractivity contribution in [3.05, 3.63) is 65.9 Å². The molecule has 0 unspecified atom stereocenters. The van der Waals surface area contributed by atoms with Gasteiger partial charge in [0, 0.05) is 23.6 Å². The molecule has 1 saturated carbocycles. The van der Waals surface area contributed by atoms with Gasteiger partial charge in [-0.05, 0) is 55.7 Å². The molecule has 2 aliphatic rings. The van der Waals surface area contributed by atoms with Crippen LogP contribution in [0.2, 0.25) is 0 Å². The molecule has 7 nitrogen and oxygen atoms in total. The summed E-state index contributed by atoms with van der Waals surface area (Å²) in [6.45, 7) is 3.12. The molecule has 5 rings (SSSR count). The number of aromatic nitrogens is 1. The Kier molecular flexibility index (Phi) is 5.14. The van der Waals surface area contributed by atoms with E-state index < -0.39 is 21.3 Å². The number of aryl methyl sites for hydroxylation is 1. The van der Waals surface area contributed by atoms with Crippen LogP contribution in [0.3, 0.4) is 0 Å². The first-order valence-electron chi connectivity index (χ1n) is 10.7. The van der Waals surface area contributed by atoms with Gasteiger partial charge in [0.25, 0.3) is 10.0 Å². The molecule has 1 N–H and O–H groups in total. The second kappa shape index (κ2) is 7.86. The molecule has 166 valence electrons. The monoisotopic (exact) mass is 452 g/mol. The normalized spacial score (nSPS) is 19.6. The predicted octanol–water partition coefficient (Wildman–Crippen LogP) is 3.25. The van der Waals surface area contributed by atoms with Gasteiger partial charge in [-0.2, -0.15) is 0 Å². The average Bonchev–Trinajstić information content (AvgIpc) is 3.42. The predicted molar refractivity (Wildman–Crippen MR) is 119 cm³/mol. The van der Waals surface area contributed by atoms with Crippen LogP contribution >= 0.6 is 0 Å². The van der Waals surface area contributed by atoms with Gasteiger partial charge in [0.1, 0.15) is 11.9 Å². The van der Waals surface area contributed by atoms with Crippen molar-refractivity contribution < 1.29 is 22.7 Å². The van der Waals surface area contributed by atoms with Crippen LogP contribution in [0.1, 0.15) is 30.4 Å². The highest BCUT2D eigenvalue weighted by Gasteiger charge is 2.54. The Morgan fingerprint density at radius 1 is 1.19 bits per heavy atom. The van der Waals surface area contributed by atoms with E-state index in [9.17, 15) is 13.2 Å². The summed E-state index contributed by atoms with van der Waals surface area (Å²) >= 11 is 0. The molecule has 32 heavy (non-hydrogen) atoms. The van der Waals surface area contributed by atoms with E-state index in [0.717, 1.165) is 17.5 Å². The summed E-state index contributed by atoms with van der Waals surface area (Å²) in [4.78, 5) is 17.6. The molecule has 0 spiro atoms. The molecule has 2 heterocycles. The van der Waals surface area contributed by atoms with Gasteiger partial charge in [-0.3, -0.25) is 9.78 Å². The number of amides is 1. The molecule has 1 atom stereocenters. The van der Waals surface area contributed by atoms with E-state index in [0.29, 0.717) is 42.7 Å². The molecule has 0 bridgehead atoms. The van der Waals surface area contributed by atoms with Crippen molar-refractivity contribution in [3.8, 4) is 5.75 Å². The molecule has 3 aromatic rings. The van der Waals surface area contributed by atoms with E-state index in [1.165, 1.54) is 6.07 Å². The zero-order chi connectivity index (χ0) is 22.3. The summed E-state index contributed by atoms with van der Waals surface area (Å²) in [6, 6.07) is 13.9. The number of rotatable bonds is 6. The average molecular weight is 453 g/mol. The highest BCUT2D eigenvalue weighted by molar-refractivity contribution is 7.90. The summed E-state index contributed by atoms with van der Waals surface area (Å²) in [5.41, 5.74) is 1.37. The van der Waals surface area contributed by atoms with Crippen LogP contribution in [0.5, 0.6) is 5.75 Å². The van der Waals surface area contributed by atoms with Gasteiger partial charge in [-0.1, -0.05) is 18.2 Å². The molecule has 1 aromatic heterocycles. The fraction of sp³-hybridized carbons (Fsp3) is 0.333. The van der Waals surface area contributed by atoms with Crippen molar-refractivity contribution >= 4 is 26.8 Å². The third-order valence-corrected chi connectivity index (χ3v) is 7.53. The van der Waals surface area contributed by atoms with E-state index >= 15 is 0 Å². The van der Waals surface area contributed by atoms with Gasteiger partial charge in [0.05, 0.1) is 29.0 Å². The first-order valence-corrected chi connectivity index (χ1v) is 12.1. The lowest BCUT2D eigenvalue weighted by Gasteiger charge is -2.22. The number of hydrogen-bond acceptors (Lipinski definition) is 6. The number of sulfonamides is 1. The summed E-state index contributed by atoms with van der Waals surface area (Å²) in [5, 5.41) is 0.473. The van der Waals surface area contributed by atoms with E-state index in [1.807, 2.05) is 25.1 Å². The van der Waals surface area contributed by atoms with Crippen LogP contribution in [-0.2, 0) is 25.0 Å². The van der Waals surface area contributed by atoms with Crippen molar-refractivity contribution in [1.29, 1.82) is 0 Å². The molecule has 1 aliphatic carbocycles. The molecule has 0 radical (unpaired) electrons. The Balaban J connectivity index is 1.46. The number of hydrogen-bond donors (Lipinski definition) is 1. The summed E-state index contributed by atoms with van der Waals surface area (Å²) in [5.74, 6) is 0.0923. The number of pyridine rings is 1. The van der Waals surface area contributed by atoms with Crippen molar-refractivity contribution in [2.24, 2.45) is 0 Å². The van der Waals surface area contributed by atoms with Gasteiger partial charge in [-0.15, -0.1) is 0 Å². The Bertz CT molecular complexity index is 1290. The minimum atomic E-state index is -4.08. The molecule has 1 aliphatic heterocycles. The Hall–Kier alpha value is -2.97. The van der Waals surface area contributed by atoms with E-state index in [1.54, 1.807) is 30.5 Å². The number of nitrogens with one attached hydrogen (secondary N) is 1. The molecule has 8 heteroatoms. The molecular formula is C24H24N2O5S. The van der Waals surface area contributed by atoms with Crippen molar-refractivity contribution in [3.63, 3.8) is 0 Å². The quantitative estimate of drug-likeness (QED) is 0.617. The van der Waals surface area contributed by atoms with Crippen LogP contribution in [-0.4, -0.2) is 38.6 Å². The maximum atomic E-state index is 13.3. The number of ether oxygens (including phenoxy) is 2. The van der Waals surface area contributed by atoms with Gasteiger partial charge in [0.2, 0.25) is 5.91 Å². The van der Waals surface area contributed by atoms with Gasteiger partial charge < -0.3 is 9.47 Å². The number of carbonyl (C=O) groups excluding carboxylic acids is 1. The standard InChI is InChI=1S/C24H24N2O5S/c1-16-7-8-19(21(14-16)31-17-9-13-30-15-17)24(10-11-24)23(27)26-32(28,29)22-6-2-5-20-18(22)4-3-12-25-20/h2-8,12,14,17H,9-11,13,15H2,1H3,(H,26,27)/t17-/m1/s1. The number of fused-ring (bicyclic) bond motifs is 1. The van der Waals surface area contributed by atoms with Gasteiger partial charge in [-0.25, -0.2) is 13.1 Å². The molecular weight excluding hydrogens is 428 g/mol. The SMILES string of the molecule is Cc1ccc(C2(C(=O)NS(=O)(=O)c3cccc4ncccc34)CC2)c(O[C@@H]2CCOC2)c1. The minimum absolute atomic E-state index is 0.0377. The first-order chi connectivity index (χ1) is 15.4. The van der Waals surface area contributed by atoms with Gasteiger partial charge in [0.15, 0.2) is 0 Å². The van der Waals surface area contributed by atoms with Crippen molar-refractivity contribution in [1.82, 2.24) is 9.71 Å². The highest BCUT2D eigenvalue weighted by Crippen LogP contribution is 2.52. The van der Waals surface area contributed by atoms with E-state index in [-0.39, 0.29) is 11.0 Å². The third-order valence-electron chi connectivity index (χ3n) is 6.14. The zero-order valence-corrected chi connectivity index (χ0v) is 18.5. The molecule has 2 fully saturated rings. The fourth-order valence-corrected chi connectivity index (χ4v) is 5.50.